The van der Waals surface area contributed by atoms with Gasteiger partial charge in [-0.15, -0.1) is 0 Å². The van der Waals surface area contributed by atoms with Crippen molar-refractivity contribution in [1.82, 2.24) is 9.97 Å². The van der Waals surface area contributed by atoms with Crippen LogP contribution >= 0.6 is 0 Å². The van der Waals surface area contributed by atoms with Gasteiger partial charge in [0.25, 0.3) is 0 Å². The Kier molecular flexibility index (Phi) is 2.62. The van der Waals surface area contributed by atoms with E-state index in [1.165, 1.54) is 12.5 Å². The average Bonchev–Trinajstić information content (AvgIpc) is 2.03. The number of rotatable bonds is 3. The Balaban J connectivity index is 2.62. The molecule has 0 radical (unpaired) electrons. The summed E-state index contributed by atoms with van der Waals surface area (Å²) in [6.07, 6.45) is 2.78. The number of ether oxygens (including phenoxy) is 1. The van der Waals surface area contributed by atoms with Gasteiger partial charge in [0.15, 0.2) is 0 Å². The molecular formula is C6H9N3O2. The summed E-state index contributed by atoms with van der Waals surface area (Å²) in [5.74, 6) is 0.314. The highest BCUT2D eigenvalue weighted by atomic mass is 16.5. The highest BCUT2D eigenvalue weighted by Crippen LogP contribution is 2.13. The molecule has 0 aromatic carbocycles. The van der Waals surface area contributed by atoms with Crippen LogP contribution in [0.3, 0.4) is 0 Å². The number of nitrogens with two attached hydrogens (primary N) is 1. The van der Waals surface area contributed by atoms with E-state index in [2.05, 4.69) is 9.97 Å². The lowest BCUT2D eigenvalue weighted by molar-refractivity contribution is 0.197. The molecule has 0 atom stereocenters. The van der Waals surface area contributed by atoms with E-state index < -0.39 is 0 Å². The van der Waals surface area contributed by atoms with E-state index in [1.54, 1.807) is 0 Å². The second kappa shape index (κ2) is 3.72. The van der Waals surface area contributed by atoms with Crippen molar-refractivity contribution in [2.75, 3.05) is 18.9 Å². The van der Waals surface area contributed by atoms with Gasteiger partial charge in [0.2, 0.25) is 5.88 Å². The molecule has 11 heavy (non-hydrogen) atoms. The van der Waals surface area contributed by atoms with E-state index in [4.69, 9.17) is 15.6 Å². The Morgan fingerprint density at radius 3 is 3.09 bits per heavy atom. The van der Waals surface area contributed by atoms with Gasteiger partial charge in [-0.2, -0.15) is 0 Å². The van der Waals surface area contributed by atoms with Gasteiger partial charge >= 0.3 is 0 Å². The zero-order chi connectivity index (χ0) is 8.10. The second-order valence-corrected chi connectivity index (χ2v) is 1.86. The Morgan fingerprint density at radius 2 is 2.45 bits per heavy atom. The monoisotopic (exact) mass is 155 g/mol. The van der Waals surface area contributed by atoms with Crippen molar-refractivity contribution < 1.29 is 9.84 Å². The summed E-state index contributed by atoms with van der Waals surface area (Å²) in [6, 6.07) is 0. The van der Waals surface area contributed by atoms with Crippen LogP contribution in [0.2, 0.25) is 0 Å². The van der Waals surface area contributed by atoms with Crippen LogP contribution < -0.4 is 10.5 Å². The maximum absolute atomic E-state index is 8.41. The number of aromatic nitrogens is 2. The second-order valence-electron chi connectivity index (χ2n) is 1.86. The molecule has 0 saturated heterocycles. The number of aliphatic hydroxyl groups excluding tert-OH is 1. The maximum Gasteiger partial charge on any atom is 0.240 e. The Labute approximate surface area is 63.8 Å². The van der Waals surface area contributed by atoms with E-state index in [0.29, 0.717) is 11.6 Å². The van der Waals surface area contributed by atoms with Gasteiger partial charge in [-0.25, -0.2) is 9.97 Å². The van der Waals surface area contributed by atoms with E-state index in [9.17, 15) is 0 Å². The lowest BCUT2D eigenvalue weighted by Gasteiger charge is -2.03. The lowest BCUT2D eigenvalue weighted by atomic mass is 10.5. The van der Waals surface area contributed by atoms with E-state index >= 15 is 0 Å². The van der Waals surface area contributed by atoms with Crippen molar-refractivity contribution in [3.8, 4) is 5.88 Å². The molecule has 0 aliphatic heterocycles. The zero-order valence-electron chi connectivity index (χ0n) is 5.90. The first kappa shape index (κ1) is 7.74. The van der Waals surface area contributed by atoms with E-state index in [0.717, 1.165) is 0 Å². The van der Waals surface area contributed by atoms with Gasteiger partial charge in [0.05, 0.1) is 12.8 Å². The van der Waals surface area contributed by atoms with Crippen LogP contribution in [0.25, 0.3) is 0 Å². The van der Waals surface area contributed by atoms with Crippen molar-refractivity contribution in [3.05, 3.63) is 12.5 Å². The summed E-state index contributed by atoms with van der Waals surface area (Å²) >= 11 is 0. The quantitative estimate of drug-likeness (QED) is 0.610. The van der Waals surface area contributed by atoms with Crippen LogP contribution in [-0.4, -0.2) is 28.3 Å². The molecule has 0 unspecified atom stereocenters. The van der Waals surface area contributed by atoms with Crippen LogP contribution in [0.4, 0.5) is 5.69 Å². The minimum Gasteiger partial charge on any atom is -0.474 e. The molecule has 1 rings (SSSR count). The van der Waals surface area contributed by atoms with Crippen LogP contribution in [-0.2, 0) is 0 Å². The first-order valence-corrected chi connectivity index (χ1v) is 3.13. The molecule has 1 heterocycles. The molecule has 0 saturated carbocycles. The summed E-state index contributed by atoms with van der Waals surface area (Å²) in [5, 5.41) is 8.41. The van der Waals surface area contributed by atoms with Gasteiger partial charge in [0, 0.05) is 0 Å². The number of nitrogens with zero attached hydrogens (tertiary/aromatic N) is 2. The van der Waals surface area contributed by atoms with E-state index in [1.807, 2.05) is 0 Å². The number of aliphatic hydroxyl groups is 1. The van der Waals surface area contributed by atoms with Gasteiger partial charge in [-0.1, -0.05) is 0 Å². The predicted molar refractivity (Wildman–Crippen MR) is 39.0 cm³/mol. The summed E-state index contributed by atoms with van der Waals surface area (Å²) < 4.78 is 4.96. The molecule has 1 aromatic rings. The van der Waals surface area contributed by atoms with Crippen molar-refractivity contribution in [1.29, 1.82) is 0 Å². The maximum atomic E-state index is 8.41. The number of hydrogen-bond acceptors (Lipinski definition) is 5. The Hall–Kier alpha value is -1.36. The van der Waals surface area contributed by atoms with Crippen LogP contribution in [0.15, 0.2) is 12.5 Å². The first-order valence-electron chi connectivity index (χ1n) is 3.13. The fourth-order valence-corrected chi connectivity index (χ4v) is 0.592. The predicted octanol–water partition coefficient (Wildman–Crippen LogP) is -0.570. The van der Waals surface area contributed by atoms with Crippen LogP contribution in [0.5, 0.6) is 5.88 Å². The first-order chi connectivity index (χ1) is 5.34. The lowest BCUT2D eigenvalue weighted by Crippen LogP contribution is -2.05. The largest absolute Gasteiger partial charge is 0.474 e. The van der Waals surface area contributed by atoms with Gasteiger partial charge in [0.1, 0.15) is 18.6 Å². The average molecular weight is 155 g/mol. The third kappa shape index (κ3) is 2.05. The topological polar surface area (TPSA) is 81.3 Å². The summed E-state index contributed by atoms with van der Waals surface area (Å²) in [6.45, 7) is 0.144. The fraction of sp³-hybridized carbons (Fsp3) is 0.333. The molecule has 0 aliphatic rings. The number of nitrogen functional groups attached to an aromatic ring is 1. The molecule has 0 fully saturated rings. The van der Waals surface area contributed by atoms with Crippen molar-refractivity contribution in [2.45, 2.75) is 0 Å². The standard InChI is InChI=1S/C6H9N3O2/c7-5-3-8-4-9-6(5)11-2-1-10/h3-4,10H,1-2,7H2. The van der Waals surface area contributed by atoms with Gasteiger partial charge < -0.3 is 15.6 Å². The minimum absolute atomic E-state index is 0.0521. The summed E-state index contributed by atoms with van der Waals surface area (Å²) in [4.78, 5) is 7.42. The molecule has 0 bridgehead atoms. The van der Waals surface area contributed by atoms with Crippen molar-refractivity contribution >= 4 is 5.69 Å². The minimum atomic E-state index is -0.0521. The molecule has 5 heteroatoms. The highest BCUT2D eigenvalue weighted by molar-refractivity contribution is 5.44. The molecule has 5 nitrogen and oxygen atoms in total. The number of anilines is 1. The Bertz CT molecular complexity index is 229. The smallest absolute Gasteiger partial charge is 0.240 e. The van der Waals surface area contributed by atoms with Crippen LogP contribution in [0, 0.1) is 0 Å². The molecule has 1 aromatic heterocycles. The van der Waals surface area contributed by atoms with Crippen LogP contribution in [0.1, 0.15) is 0 Å². The summed E-state index contributed by atoms with van der Waals surface area (Å²) in [7, 11) is 0. The molecule has 60 valence electrons. The summed E-state index contributed by atoms with van der Waals surface area (Å²) in [5.41, 5.74) is 5.81. The highest BCUT2D eigenvalue weighted by Gasteiger charge is 1.98. The Morgan fingerprint density at radius 1 is 1.64 bits per heavy atom. The normalized spacial score (nSPS) is 9.55. The fourth-order valence-electron chi connectivity index (χ4n) is 0.592. The van der Waals surface area contributed by atoms with Crippen molar-refractivity contribution in [2.24, 2.45) is 0 Å². The molecule has 0 amide bonds. The molecular weight excluding hydrogens is 146 g/mol. The van der Waals surface area contributed by atoms with E-state index in [-0.39, 0.29) is 13.2 Å². The SMILES string of the molecule is Nc1cncnc1OCCO. The third-order valence-corrected chi connectivity index (χ3v) is 1.03. The molecule has 0 spiro atoms. The van der Waals surface area contributed by atoms with Gasteiger partial charge in [-0.3, -0.25) is 0 Å². The molecule has 0 aliphatic carbocycles. The third-order valence-electron chi connectivity index (χ3n) is 1.03. The zero-order valence-corrected chi connectivity index (χ0v) is 5.90. The van der Waals surface area contributed by atoms with Gasteiger partial charge in [-0.05, 0) is 0 Å². The van der Waals surface area contributed by atoms with Crippen molar-refractivity contribution in [3.63, 3.8) is 0 Å². The molecule has 3 N–H and O–H groups in total. The number of hydrogen-bond donors (Lipinski definition) is 2.